The minimum absolute atomic E-state index is 0.0925. The predicted octanol–water partition coefficient (Wildman–Crippen LogP) is 5.74. The van der Waals surface area contributed by atoms with Gasteiger partial charge in [-0.2, -0.15) is 0 Å². The van der Waals surface area contributed by atoms with Gasteiger partial charge in [0.2, 0.25) is 0 Å². The average molecular weight is 502 g/mol. The van der Waals surface area contributed by atoms with Gasteiger partial charge in [-0.3, -0.25) is 19.3 Å². The largest absolute Gasteiger partial charge is 0.465 e. The van der Waals surface area contributed by atoms with Crippen LogP contribution < -0.4 is 0 Å². The number of halogens is 1. The Morgan fingerprint density at radius 3 is 2.14 bits per heavy atom. The molecule has 0 radical (unpaired) electrons. The van der Waals surface area contributed by atoms with Crippen molar-refractivity contribution in [3.63, 3.8) is 0 Å². The number of ketones is 1. The summed E-state index contributed by atoms with van der Waals surface area (Å²) in [5, 5.41) is -0.373. The molecule has 0 saturated carbocycles. The van der Waals surface area contributed by atoms with Crippen LogP contribution in [0.4, 0.5) is 9.18 Å². The highest BCUT2D eigenvalue weighted by atomic mass is 32.2. The van der Waals surface area contributed by atoms with Crippen molar-refractivity contribution in [3.8, 4) is 0 Å². The molecule has 3 aromatic carbocycles. The summed E-state index contributed by atoms with van der Waals surface area (Å²) in [6.07, 6.45) is 4.70. The summed E-state index contributed by atoms with van der Waals surface area (Å²) in [4.78, 5) is 50.5. The number of esters is 1. The van der Waals surface area contributed by atoms with Gasteiger partial charge >= 0.3 is 5.97 Å². The molecule has 1 aliphatic rings. The van der Waals surface area contributed by atoms with E-state index in [1.54, 1.807) is 60.7 Å². The number of allylic oxidation sites excluding steroid dienone is 1. The van der Waals surface area contributed by atoms with Gasteiger partial charge in [0.05, 0.1) is 24.1 Å². The zero-order valence-corrected chi connectivity index (χ0v) is 20.0. The Balaban J connectivity index is 1.40. The van der Waals surface area contributed by atoms with Crippen molar-refractivity contribution in [2.45, 2.75) is 6.54 Å². The maximum atomic E-state index is 13.0. The second kappa shape index (κ2) is 11.0. The lowest BCUT2D eigenvalue weighted by Crippen LogP contribution is -2.27. The molecule has 3 aromatic rings. The van der Waals surface area contributed by atoms with Crippen LogP contribution in [0, 0.1) is 5.82 Å². The maximum absolute atomic E-state index is 13.0. The standard InChI is InChI=1S/C28H20FNO5S/c1-35-27(33)22-9-6-20(7-10-22)17-30-26(32)25(36-28(30)34)16-19-4-2-18(3-5-19)8-15-24(31)21-11-13-23(29)14-12-21/h2-16H,17H2,1H3/b15-8+,25-16-. The van der Waals surface area contributed by atoms with Gasteiger partial charge in [0.1, 0.15) is 5.82 Å². The van der Waals surface area contributed by atoms with E-state index in [0.29, 0.717) is 21.6 Å². The summed E-state index contributed by atoms with van der Waals surface area (Å²) in [6, 6.07) is 19.0. The number of carbonyl (C=O) groups is 4. The van der Waals surface area contributed by atoms with E-state index in [9.17, 15) is 23.6 Å². The van der Waals surface area contributed by atoms with Crippen LogP contribution in [0.25, 0.3) is 12.2 Å². The van der Waals surface area contributed by atoms with Gasteiger partial charge in [-0.25, -0.2) is 9.18 Å². The van der Waals surface area contributed by atoms with E-state index in [0.717, 1.165) is 27.8 Å². The Labute approximate surface area is 211 Å². The number of amides is 2. The van der Waals surface area contributed by atoms with Crippen LogP contribution in [0.3, 0.4) is 0 Å². The Morgan fingerprint density at radius 2 is 1.50 bits per heavy atom. The van der Waals surface area contributed by atoms with Gasteiger partial charge in [0.25, 0.3) is 11.1 Å². The van der Waals surface area contributed by atoms with Crippen LogP contribution >= 0.6 is 11.8 Å². The third-order valence-electron chi connectivity index (χ3n) is 5.38. The third-order valence-corrected chi connectivity index (χ3v) is 6.29. The Kier molecular flexibility index (Phi) is 7.56. The number of rotatable bonds is 7. The van der Waals surface area contributed by atoms with E-state index in [1.807, 2.05) is 0 Å². The van der Waals surface area contributed by atoms with Gasteiger partial charge < -0.3 is 4.74 Å². The molecule has 180 valence electrons. The SMILES string of the molecule is COC(=O)c1ccc(CN2C(=O)S/C(=C\c3ccc(/C=C/C(=O)c4ccc(F)cc4)cc3)C2=O)cc1. The number of nitrogens with zero attached hydrogens (tertiary/aromatic N) is 1. The van der Waals surface area contributed by atoms with Crippen LogP contribution in [0.5, 0.6) is 0 Å². The molecule has 0 aromatic heterocycles. The van der Waals surface area contributed by atoms with E-state index in [2.05, 4.69) is 4.74 Å². The molecular formula is C28H20FNO5S. The van der Waals surface area contributed by atoms with Crippen molar-refractivity contribution < 1.29 is 28.3 Å². The normalized spacial score (nSPS) is 14.6. The smallest absolute Gasteiger partial charge is 0.337 e. The first-order valence-corrected chi connectivity index (χ1v) is 11.7. The molecule has 0 bridgehead atoms. The lowest BCUT2D eigenvalue weighted by molar-refractivity contribution is -0.123. The highest BCUT2D eigenvalue weighted by molar-refractivity contribution is 8.18. The molecule has 36 heavy (non-hydrogen) atoms. The predicted molar refractivity (Wildman–Crippen MR) is 136 cm³/mol. The minimum Gasteiger partial charge on any atom is -0.465 e. The molecule has 0 aliphatic carbocycles. The molecule has 2 amide bonds. The molecule has 4 rings (SSSR count). The van der Waals surface area contributed by atoms with Crippen molar-refractivity contribution in [2.24, 2.45) is 0 Å². The Bertz CT molecular complexity index is 1380. The number of hydrogen-bond donors (Lipinski definition) is 0. The lowest BCUT2D eigenvalue weighted by atomic mass is 10.1. The summed E-state index contributed by atoms with van der Waals surface area (Å²) >= 11 is 0.864. The van der Waals surface area contributed by atoms with Gasteiger partial charge in [0, 0.05) is 5.56 Å². The second-order valence-corrected chi connectivity index (χ2v) is 8.82. The van der Waals surface area contributed by atoms with Crippen molar-refractivity contribution in [2.75, 3.05) is 7.11 Å². The fourth-order valence-electron chi connectivity index (χ4n) is 3.42. The first-order valence-electron chi connectivity index (χ1n) is 10.8. The molecule has 1 heterocycles. The fourth-order valence-corrected chi connectivity index (χ4v) is 4.26. The van der Waals surface area contributed by atoms with Crippen LogP contribution in [-0.2, 0) is 16.1 Å². The van der Waals surface area contributed by atoms with E-state index in [4.69, 9.17) is 0 Å². The number of methoxy groups -OCH3 is 1. The summed E-state index contributed by atoms with van der Waals surface area (Å²) in [5.74, 6) is -1.50. The van der Waals surface area contributed by atoms with Crippen LogP contribution in [0.15, 0.2) is 83.8 Å². The monoisotopic (exact) mass is 501 g/mol. The Hall–Kier alpha value is -4.30. The fraction of sp³-hybridized carbons (Fsp3) is 0.0714. The maximum Gasteiger partial charge on any atom is 0.337 e. The molecule has 0 spiro atoms. The molecule has 0 N–H and O–H groups in total. The molecule has 1 fully saturated rings. The number of ether oxygens (including phenoxy) is 1. The van der Waals surface area contributed by atoms with Crippen LogP contribution in [-0.4, -0.2) is 34.9 Å². The summed E-state index contributed by atoms with van der Waals surface area (Å²) in [7, 11) is 1.30. The van der Waals surface area contributed by atoms with E-state index >= 15 is 0 Å². The average Bonchev–Trinajstić information content (AvgIpc) is 3.15. The summed E-state index contributed by atoms with van der Waals surface area (Å²) in [6.45, 7) is 0.0925. The van der Waals surface area contributed by atoms with Crippen molar-refractivity contribution >= 4 is 46.8 Å². The van der Waals surface area contributed by atoms with Crippen LogP contribution in [0.1, 0.15) is 37.4 Å². The van der Waals surface area contributed by atoms with Gasteiger partial charge in [-0.05, 0) is 77.0 Å². The molecule has 0 unspecified atom stereocenters. The molecule has 6 nitrogen and oxygen atoms in total. The quantitative estimate of drug-likeness (QED) is 0.233. The molecule has 0 atom stereocenters. The minimum atomic E-state index is -0.461. The first-order chi connectivity index (χ1) is 17.3. The van der Waals surface area contributed by atoms with Crippen molar-refractivity contribution in [1.82, 2.24) is 4.90 Å². The first kappa shape index (κ1) is 24.8. The Morgan fingerprint density at radius 1 is 0.889 bits per heavy atom. The lowest BCUT2D eigenvalue weighted by Gasteiger charge is -2.12. The van der Waals surface area contributed by atoms with Crippen LogP contribution in [0.2, 0.25) is 0 Å². The number of imide groups is 1. The van der Waals surface area contributed by atoms with Crippen molar-refractivity contribution in [1.29, 1.82) is 0 Å². The molecule has 1 aliphatic heterocycles. The van der Waals surface area contributed by atoms with E-state index in [-0.39, 0.29) is 17.6 Å². The summed E-state index contributed by atoms with van der Waals surface area (Å²) in [5.41, 5.74) is 2.97. The zero-order valence-electron chi connectivity index (χ0n) is 19.1. The summed E-state index contributed by atoms with van der Waals surface area (Å²) < 4.78 is 17.7. The van der Waals surface area contributed by atoms with E-state index in [1.165, 1.54) is 37.5 Å². The highest BCUT2D eigenvalue weighted by Crippen LogP contribution is 2.33. The molecule has 8 heteroatoms. The van der Waals surface area contributed by atoms with Gasteiger partial charge in [-0.15, -0.1) is 0 Å². The number of carbonyl (C=O) groups excluding carboxylic acids is 4. The van der Waals surface area contributed by atoms with Gasteiger partial charge in [0.15, 0.2) is 5.78 Å². The topological polar surface area (TPSA) is 80.8 Å². The third kappa shape index (κ3) is 5.84. The second-order valence-electron chi connectivity index (χ2n) is 7.83. The molecule has 1 saturated heterocycles. The van der Waals surface area contributed by atoms with Gasteiger partial charge in [-0.1, -0.05) is 42.5 Å². The number of hydrogen-bond acceptors (Lipinski definition) is 6. The van der Waals surface area contributed by atoms with E-state index < -0.39 is 17.7 Å². The number of benzene rings is 3. The number of thioether (sulfide) groups is 1. The van der Waals surface area contributed by atoms with Crippen molar-refractivity contribution in [3.05, 3.63) is 117 Å². The highest BCUT2D eigenvalue weighted by Gasteiger charge is 2.35. The molecular weight excluding hydrogens is 481 g/mol. The zero-order chi connectivity index (χ0) is 25.7.